The predicted octanol–water partition coefficient (Wildman–Crippen LogP) is 3.20. The van der Waals surface area contributed by atoms with Gasteiger partial charge in [0.25, 0.3) is 0 Å². The first kappa shape index (κ1) is 18.3. The number of aromatic nitrogens is 3. The van der Waals surface area contributed by atoms with E-state index in [0.717, 1.165) is 5.56 Å². The topological polar surface area (TPSA) is 99.4 Å². The standard InChI is InChI=1S/C19H18N4O4S/c1-2-17-22-18(23-27-17)13-4-3-7-20-19(13)28-11-16(24)21-12-5-6-14-15(10-12)26-9-8-25-14/h3-7,10H,2,8-9,11H2,1H3,(H,21,24). The van der Waals surface area contributed by atoms with E-state index in [1.54, 1.807) is 30.5 Å². The van der Waals surface area contributed by atoms with E-state index < -0.39 is 0 Å². The number of hydrogen-bond acceptors (Lipinski definition) is 8. The van der Waals surface area contributed by atoms with Gasteiger partial charge >= 0.3 is 0 Å². The van der Waals surface area contributed by atoms with Crippen molar-refractivity contribution in [3.8, 4) is 22.9 Å². The highest BCUT2D eigenvalue weighted by Gasteiger charge is 2.16. The van der Waals surface area contributed by atoms with Gasteiger partial charge in [-0.3, -0.25) is 4.79 Å². The van der Waals surface area contributed by atoms with Gasteiger partial charge < -0.3 is 19.3 Å². The number of hydrogen-bond donors (Lipinski definition) is 1. The Labute approximate surface area is 165 Å². The average molecular weight is 398 g/mol. The maximum atomic E-state index is 12.4. The molecule has 1 N–H and O–H groups in total. The molecule has 0 radical (unpaired) electrons. The fourth-order valence-electron chi connectivity index (χ4n) is 2.64. The third-order valence-electron chi connectivity index (χ3n) is 3.95. The largest absolute Gasteiger partial charge is 0.486 e. The minimum absolute atomic E-state index is 0.152. The molecule has 0 fully saturated rings. The maximum absolute atomic E-state index is 12.4. The van der Waals surface area contributed by atoms with Crippen LogP contribution >= 0.6 is 11.8 Å². The monoisotopic (exact) mass is 398 g/mol. The number of rotatable bonds is 6. The molecule has 0 unspecified atom stereocenters. The first-order valence-corrected chi connectivity index (χ1v) is 9.82. The third-order valence-corrected chi connectivity index (χ3v) is 4.95. The van der Waals surface area contributed by atoms with E-state index >= 15 is 0 Å². The van der Waals surface area contributed by atoms with Gasteiger partial charge in [-0.2, -0.15) is 4.98 Å². The second-order valence-corrected chi connectivity index (χ2v) is 6.88. The first-order chi connectivity index (χ1) is 13.7. The van der Waals surface area contributed by atoms with Crippen LogP contribution in [0.2, 0.25) is 0 Å². The molecule has 0 saturated heterocycles. The van der Waals surface area contributed by atoms with Crippen LogP contribution in [0.4, 0.5) is 5.69 Å². The fraction of sp³-hybridized carbons (Fsp3) is 0.263. The molecule has 3 heterocycles. The number of amides is 1. The van der Waals surface area contributed by atoms with E-state index in [4.69, 9.17) is 14.0 Å². The molecule has 3 aromatic rings. The summed E-state index contributed by atoms with van der Waals surface area (Å²) in [5, 5.41) is 7.52. The van der Waals surface area contributed by atoms with Gasteiger partial charge in [-0.05, 0) is 24.3 Å². The Morgan fingerprint density at radius 3 is 2.89 bits per heavy atom. The molecule has 0 aliphatic carbocycles. The van der Waals surface area contributed by atoms with Crippen molar-refractivity contribution in [1.29, 1.82) is 0 Å². The minimum atomic E-state index is -0.152. The predicted molar refractivity (Wildman–Crippen MR) is 104 cm³/mol. The second-order valence-electron chi connectivity index (χ2n) is 5.92. The van der Waals surface area contributed by atoms with Gasteiger partial charge in [-0.15, -0.1) is 0 Å². The summed E-state index contributed by atoms with van der Waals surface area (Å²) in [4.78, 5) is 21.1. The summed E-state index contributed by atoms with van der Waals surface area (Å²) >= 11 is 1.31. The van der Waals surface area contributed by atoms with Gasteiger partial charge in [0.1, 0.15) is 18.2 Å². The second kappa shape index (κ2) is 8.30. The first-order valence-electron chi connectivity index (χ1n) is 8.83. The highest BCUT2D eigenvalue weighted by molar-refractivity contribution is 8.00. The minimum Gasteiger partial charge on any atom is -0.486 e. The number of benzene rings is 1. The van der Waals surface area contributed by atoms with E-state index in [0.29, 0.717) is 53.6 Å². The third kappa shape index (κ3) is 4.09. The number of nitrogens with one attached hydrogen (secondary N) is 1. The maximum Gasteiger partial charge on any atom is 0.234 e. The number of fused-ring (bicyclic) bond motifs is 1. The molecule has 0 bridgehead atoms. The van der Waals surface area contributed by atoms with Gasteiger partial charge in [0.2, 0.25) is 17.6 Å². The van der Waals surface area contributed by atoms with Crippen LogP contribution in [0.5, 0.6) is 11.5 Å². The molecular weight excluding hydrogens is 380 g/mol. The van der Waals surface area contributed by atoms with Crippen molar-refractivity contribution in [2.24, 2.45) is 0 Å². The van der Waals surface area contributed by atoms with Crippen LogP contribution in [0.15, 0.2) is 46.1 Å². The number of aryl methyl sites for hydroxylation is 1. The smallest absolute Gasteiger partial charge is 0.234 e. The van der Waals surface area contributed by atoms with Crippen molar-refractivity contribution >= 4 is 23.4 Å². The van der Waals surface area contributed by atoms with E-state index in [2.05, 4.69) is 20.4 Å². The van der Waals surface area contributed by atoms with E-state index in [-0.39, 0.29) is 11.7 Å². The van der Waals surface area contributed by atoms with Crippen LogP contribution in [0.3, 0.4) is 0 Å². The summed E-state index contributed by atoms with van der Waals surface area (Å²) in [6.07, 6.45) is 2.33. The zero-order valence-corrected chi connectivity index (χ0v) is 16.0. The van der Waals surface area contributed by atoms with Crippen LogP contribution in [0.1, 0.15) is 12.8 Å². The number of pyridine rings is 1. The summed E-state index contributed by atoms with van der Waals surface area (Å²) in [5.74, 6) is 2.39. The van der Waals surface area contributed by atoms with Crippen molar-refractivity contribution in [2.45, 2.75) is 18.4 Å². The van der Waals surface area contributed by atoms with E-state index in [1.165, 1.54) is 11.8 Å². The van der Waals surface area contributed by atoms with Crippen molar-refractivity contribution in [1.82, 2.24) is 15.1 Å². The highest BCUT2D eigenvalue weighted by atomic mass is 32.2. The van der Waals surface area contributed by atoms with Gasteiger partial charge in [-0.25, -0.2) is 4.98 Å². The molecular formula is C19H18N4O4S. The molecule has 9 heteroatoms. The molecule has 28 heavy (non-hydrogen) atoms. The zero-order chi connectivity index (χ0) is 19.3. The molecule has 1 aliphatic rings. The van der Waals surface area contributed by atoms with Crippen LogP contribution in [-0.4, -0.2) is 40.0 Å². The number of thioether (sulfide) groups is 1. The molecule has 2 aromatic heterocycles. The molecule has 1 aliphatic heterocycles. The number of carbonyl (C=O) groups is 1. The Bertz CT molecular complexity index is 992. The van der Waals surface area contributed by atoms with Crippen LogP contribution in [0, 0.1) is 0 Å². The van der Waals surface area contributed by atoms with E-state index in [1.807, 2.05) is 13.0 Å². The highest BCUT2D eigenvalue weighted by Crippen LogP contribution is 2.33. The van der Waals surface area contributed by atoms with Gasteiger partial charge in [0.15, 0.2) is 11.5 Å². The number of ether oxygens (including phenoxy) is 2. The lowest BCUT2D eigenvalue weighted by Gasteiger charge is -2.19. The van der Waals surface area contributed by atoms with Gasteiger partial charge in [0.05, 0.1) is 11.3 Å². The molecule has 0 spiro atoms. The number of carbonyl (C=O) groups excluding carboxylic acids is 1. The van der Waals surface area contributed by atoms with Crippen LogP contribution in [-0.2, 0) is 11.2 Å². The lowest BCUT2D eigenvalue weighted by molar-refractivity contribution is -0.113. The Morgan fingerprint density at radius 2 is 2.07 bits per heavy atom. The van der Waals surface area contributed by atoms with Crippen molar-refractivity contribution < 1.29 is 18.8 Å². The Morgan fingerprint density at radius 1 is 1.21 bits per heavy atom. The fourth-order valence-corrected chi connectivity index (χ4v) is 3.43. The van der Waals surface area contributed by atoms with Gasteiger partial charge in [-0.1, -0.05) is 23.8 Å². The number of anilines is 1. The zero-order valence-electron chi connectivity index (χ0n) is 15.2. The van der Waals surface area contributed by atoms with E-state index in [9.17, 15) is 4.79 Å². The Kier molecular flexibility index (Phi) is 5.43. The molecule has 1 amide bonds. The summed E-state index contributed by atoms with van der Waals surface area (Å²) in [6.45, 7) is 2.97. The van der Waals surface area contributed by atoms with Crippen molar-refractivity contribution in [2.75, 3.05) is 24.3 Å². The van der Waals surface area contributed by atoms with Crippen LogP contribution in [0.25, 0.3) is 11.4 Å². The van der Waals surface area contributed by atoms with Crippen LogP contribution < -0.4 is 14.8 Å². The molecule has 8 nitrogen and oxygen atoms in total. The average Bonchev–Trinajstić information content (AvgIpc) is 3.21. The lowest BCUT2D eigenvalue weighted by Crippen LogP contribution is -2.17. The number of nitrogens with zero attached hydrogens (tertiary/aromatic N) is 3. The SMILES string of the molecule is CCc1nc(-c2cccnc2SCC(=O)Nc2ccc3c(c2)OCCO3)no1. The quantitative estimate of drug-likeness (QED) is 0.632. The lowest BCUT2D eigenvalue weighted by atomic mass is 10.2. The molecule has 4 rings (SSSR count). The molecule has 0 saturated carbocycles. The van der Waals surface area contributed by atoms with Crippen molar-refractivity contribution in [3.63, 3.8) is 0 Å². The molecule has 0 atom stereocenters. The normalized spacial score (nSPS) is 12.6. The summed E-state index contributed by atoms with van der Waals surface area (Å²) in [5.41, 5.74) is 1.39. The Balaban J connectivity index is 1.41. The van der Waals surface area contributed by atoms with Crippen molar-refractivity contribution in [3.05, 3.63) is 42.4 Å². The summed E-state index contributed by atoms with van der Waals surface area (Å²) in [7, 11) is 0. The van der Waals surface area contributed by atoms with Gasteiger partial charge in [0, 0.05) is 24.4 Å². The Hall–Kier alpha value is -3.07. The molecule has 1 aromatic carbocycles. The molecule has 144 valence electrons. The summed E-state index contributed by atoms with van der Waals surface area (Å²) in [6, 6.07) is 8.99. The summed E-state index contributed by atoms with van der Waals surface area (Å²) < 4.78 is 16.2.